The highest BCUT2D eigenvalue weighted by atomic mass is 32.1. The van der Waals surface area contributed by atoms with E-state index in [1.807, 2.05) is 53.4 Å². The van der Waals surface area contributed by atoms with Gasteiger partial charge in [0, 0.05) is 49.7 Å². The van der Waals surface area contributed by atoms with Crippen molar-refractivity contribution in [3.63, 3.8) is 0 Å². The van der Waals surface area contributed by atoms with Gasteiger partial charge >= 0.3 is 0 Å². The number of hydrogen-bond donors (Lipinski definition) is 1. The highest BCUT2D eigenvalue weighted by Gasteiger charge is 2.37. The number of benzene rings is 2. The zero-order valence-corrected chi connectivity index (χ0v) is 22.4. The number of nitrogens with one attached hydrogen (secondary N) is 1. The summed E-state index contributed by atoms with van der Waals surface area (Å²) < 4.78 is 5.46. The Kier molecular flexibility index (Phi) is 7.40. The van der Waals surface area contributed by atoms with Gasteiger partial charge in [0.15, 0.2) is 5.13 Å². The molecule has 4 heterocycles. The lowest BCUT2D eigenvalue weighted by Crippen LogP contribution is -2.50. The van der Waals surface area contributed by atoms with E-state index in [2.05, 4.69) is 15.2 Å². The number of hydrogen-bond acceptors (Lipinski definition) is 7. The first-order valence-electron chi connectivity index (χ1n) is 13.4. The van der Waals surface area contributed by atoms with E-state index in [9.17, 15) is 14.4 Å². The van der Waals surface area contributed by atoms with Crippen LogP contribution >= 0.6 is 11.3 Å². The van der Waals surface area contributed by atoms with E-state index in [-0.39, 0.29) is 17.7 Å². The number of rotatable bonds is 6. The van der Waals surface area contributed by atoms with Crippen molar-refractivity contribution in [1.82, 2.24) is 19.7 Å². The molecule has 1 N–H and O–H groups in total. The summed E-state index contributed by atoms with van der Waals surface area (Å²) in [6.07, 6.45) is 1.87. The zero-order valence-electron chi connectivity index (χ0n) is 21.6. The summed E-state index contributed by atoms with van der Waals surface area (Å²) in [6, 6.07) is 16.4. The number of morpholine rings is 1. The van der Waals surface area contributed by atoms with Gasteiger partial charge < -0.3 is 14.5 Å². The van der Waals surface area contributed by atoms with Crippen LogP contribution in [0.2, 0.25) is 0 Å². The lowest BCUT2D eigenvalue weighted by atomic mass is 10.0. The van der Waals surface area contributed by atoms with Crippen LogP contribution in [0.4, 0.5) is 5.13 Å². The van der Waals surface area contributed by atoms with E-state index in [4.69, 9.17) is 4.74 Å². The number of carbonyl (C=O) groups excluding carboxylic acids is 3. The van der Waals surface area contributed by atoms with Gasteiger partial charge in [-0.05, 0) is 30.0 Å². The first-order chi connectivity index (χ1) is 19.1. The van der Waals surface area contributed by atoms with E-state index < -0.39 is 6.04 Å². The number of likely N-dealkylation sites (tertiary alicyclic amines) is 1. The molecule has 3 aliphatic heterocycles. The molecule has 2 fully saturated rings. The molecule has 3 amide bonds. The number of thiazole rings is 1. The van der Waals surface area contributed by atoms with E-state index in [0.29, 0.717) is 47.6 Å². The standard InChI is InChI=1S/C29H31N5O4S/c35-26(25(20-6-2-1-3-7-20)34-18-21-8-4-5-9-23(21)27(34)36)31-29-30-24(19-39-29)28(37)33-12-10-22(11-13-33)32-14-16-38-17-15-32/h1-9,19,22,25H,10-18H2,(H,30,31,35)/t25-/m1/s1. The van der Waals surface area contributed by atoms with E-state index in [1.54, 1.807) is 16.3 Å². The summed E-state index contributed by atoms with van der Waals surface area (Å²) in [5.41, 5.74) is 2.56. The Labute approximate surface area is 231 Å². The number of anilines is 1. The normalized spacial score (nSPS) is 19.1. The first kappa shape index (κ1) is 25.7. The van der Waals surface area contributed by atoms with Crippen LogP contribution in [0.15, 0.2) is 60.0 Å². The summed E-state index contributed by atoms with van der Waals surface area (Å²) in [4.78, 5) is 50.4. The number of ether oxygens (including phenoxy) is 1. The minimum atomic E-state index is -0.826. The molecule has 10 heteroatoms. The number of piperidine rings is 1. The van der Waals surface area contributed by atoms with E-state index >= 15 is 0 Å². The van der Waals surface area contributed by atoms with Crippen molar-refractivity contribution in [2.45, 2.75) is 31.5 Å². The van der Waals surface area contributed by atoms with Gasteiger partial charge in [0.2, 0.25) is 0 Å². The molecule has 39 heavy (non-hydrogen) atoms. The third kappa shape index (κ3) is 5.32. The summed E-state index contributed by atoms with van der Waals surface area (Å²) in [5, 5.41) is 4.92. The predicted molar refractivity (Wildman–Crippen MR) is 148 cm³/mol. The molecule has 2 saturated heterocycles. The molecule has 0 spiro atoms. The number of amides is 3. The van der Waals surface area contributed by atoms with Gasteiger partial charge in [-0.25, -0.2) is 4.98 Å². The molecule has 1 atom stereocenters. The van der Waals surface area contributed by atoms with Crippen LogP contribution in [-0.4, -0.2) is 82.8 Å². The summed E-state index contributed by atoms with van der Waals surface area (Å²) in [6.45, 7) is 5.18. The van der Waals surface area contributed by atoms with Gasteiger partial charge in [-0.2, -0.15) is 0 Å². The quantitative estimate of drug-likeness (QED) is 0.510. The maximum absolute atomic E-state index is 13.6. The minimum absolute atomic E-state index is 0.114. The Morgan fingerprint density at radius 2 is 1.69 bits per heavy atom. The smallest absolute Gasteiger partial charge is 0.273 e. The molecule has 6 rings (SSSR count). The second-order valence-electron chi connectivity index (χ2n) is 10.1. The molecule has 3 aromatic rings. The molecule has 9 nitrogen and oxygen atoms in total. The van der Waals surface area contributed by atoms with Crippen LogP contribution in [0.5, 0.6) is 0 Å². The van der Waals surface area contributed by atoms with Crippen molar-refractivity contribution >= 4 is 34.2 Å². The van der Waals surface area contributed by atoms with Crippen LogP contribution in [0.25, 0.3) is 0 Å². The number of nitrogens with zero attached hydrogens (tertiary/aromatic N) is 4. The molecular formula is C29H31N5O4S. The maximum atomic E-state index is 13.6. The van der Waals surface area contributed by atoms with Gasteiger partial charge in [0.25, 0.3) is 17.7 Å². The van der Waals surface area contributed by atoms with Gasteiger partial charge in [-0.3, -0.25) is 24.6 Å². The summed E-state index contributed by atoms with van der Waals surface area (Å²) in [5.74, 6) is -0.649. The molecule has 2 aromatic carbocycles. The fourth-order valence-electron chi connectivity index (χ4n) is 5.74. The van der Waals surface area contributed by atoms with Crippen LogP contribution in [0.1, 0.15) is 50.9 Å². The van der Waals surface area contributed by atoms with Crippen molar-refractivity contribution in [2.75, 3.05) is 44.7 Å². The highest BCUT2D eigenvalue weighted by Crippen LogP contribution is 2.33. The van der Waals surface area contributed by atoms with Crippen LogP contribution in [0, 0.1) is 0 Å². The zero-order chi connectivity index (χ0) is 26.8. The Balaban J connectivity index is 1.13. The molecule has 0 saturated carbocycles. The Morgan fingerprint density at radius 3 is 2.44 bits per heavy atom. The van der Waals surface area contributed by atoms with Crippen molar-refractivity contribution in [2.24, 2.45) is 0 Å². The van der Waals surface area contributed by atoms with Gasteiger partial charge in [0.05, 0.1) is 13.2 Å². The predicted octanol–water partition coefficient (Wildman–Crippen LogP) is 3.42. The second kappa shape index (κ2) is 11.3. The van der Waals surface area contributed by atoms with Crippen LogP contribution in [-0.2, 0) is 16.1 Å². The average molecular weight is 546 g/mol. The molecule has 0 aliphatic carbocycles. The number of aromatic nitrogens is 1. The molecular weight excluding hydrogens is 514 g/mol. The first-order valence-corrected chi connectivity index (χ1v) is 14.3. The van der Waals surface area contributed by atoms with Crippen molar-refractivity contribution in [1.29, 1.82) is 0 Å². The second-order valence-corrected chi connectivity index (χ2v) is 11.0. The lowest BCUT2D eigenvalue weighted by molar-refractivity contribution is -0.120. The van der Waals surface area contributed by atoms with Gasteiger partial charge in [-0.15, -0.1) is 11.3 Å². The monoisotopic (exact) mass is 545 g/mol. The summed E-state index contributed by atoms with van der Waals surface area (Å²) in [7, 11) is 0. The summed E-state index contributed by atoms with van der Waals surface area (Å²) >= 11 is 1.22. The minimum Gasteiger partial charge on any atom is -0.379 e. The topological polar surface area (TPSA) is 95.1 Å². The maximum Gasteiger partial charge on any atom is 0.273 e. The molecule has 1 aromatic heterocycles. The lowest BCUT2D eigenvalue weighted by Gasteiger charge is -2.39. The number of carbonyl (C=O) groups is 3. The SMILES string of the molecule is O=C(Nc1nc(C(=O)N2CCC(N3CCOCC3)CC2)cs1)[C@@H](c1ccccc1)N1Cc2ccccc2C1=O. The molecule has 202 valence electrons. The third-order valence-electron chi connectivity index (χ3n) is 7.79. The largest absolute Gasteiger partial charge is 0.379 e. The van der Waals surface area contributed by atoms with Crippen molar-refractivity contribution in [3.05, 3.63) is 82.4 Å². The third-order valence-corrected chi connectivity index (χ3v) is 8.55. The van der Waals surface area contributed by atoms with Crippen molar-refractivity contribution < 1.29 is 19.1 Å². The van der Waals surface area contributed by atoms with Crippen LogP contribution < -0.4 is 5.32 Å². The molecule has 3 aliphatic rings. The Morgan fingerprint density at radius 1 is 0.974 bits per heavy atom. The van der Waals surface area contributed by atoms with E-state index in [0.717, 1.165) is 44.7 Å². The Hall–Kier alpha value is -3.60. The Bertz CT molecular complexity index is 1350. The fourth-order valence-corrected chi connectivity index (χ4v) is 6.42. The van der Waals surface area contributed by atoms with E-state index in [1.165, 1.54) is 11.3 Å². The average Bonchev–Trinajstić information content (AvgIpc) is 3.58. The molecule has 0 radical (unpaired) electrons. The fraction of sp³-hybridized carbons (Fsp3) is 0.379. The highest BCUT2D eigenvalue weighted by molar-refractivity contribution is 7.14. The number of fused-ring (bicyclic) bond motifs is 1. The van der Waals surface area contributed by atoms with Gasteiger partial charge in [0.1, 0.15) is 11.7 Å². The molecule has 0 unspecified atom stereocenters. The molecule has 0 bridgehead atoms. The van der Waals surface area contributed by atoms with Crippen LogP contribution in [0.3, 0.4) is 0 Å². The van der Waals surface area contributed by atoms with Gasteiger partial charge in [-0.1, -0.05) is 48.5 Å². The van der Waals surface area contributed by atoms with Crippen molar-refractivity contribution in [3.8, 4) is 0 Å².